The number of likely N-dealkylation sites (N-methyl/N-ethyl adjacent to an activating group) is 2. The molecule has 336 valence electrons. The number of benzene rings is 1. The Labute approximate surface area is 355 Å². The van der Waals surface area contributed by atoms with Crippen LogP contribution in [-0.2, 0) is 39.8 Å². The summed E-state index contributed by atoms with van der Waals surface area (Å²) in [6.07, 6.45) is 1.06. The van der Waals surface area contributed by atoms with Crippen molar-refractivity contribution in [1.29, 1.82) is 0 Å². The number of carbonyl (C=O) groups excluding carboxylic acids is 5. The Hall–Kier alpha value is -3.75. The largest absolute Gasteiger partial charge is 0.453 e. The second-order valence-corrected chi connectivity index (χ2v) is 18.2. The van der Waals surface area contributed by atoms with E-state index in [9.17, 15) is 24.0 Å². The normalized spacial score (nSPS) is 18.7. The monoisotopic (exact) mass is 831 g/mol. The number of ether oxygens (including phenoxy) is 3. The molecule has 2 rings (SSSR count). The van der Waals surface area contributed by atoms with E-state index < -0.39 is 41.8 Å². The molecular weight excluding hydrogens is 753 g/mol. The lowest BCUT2D eigenvalue weighted by Gasteiger charge is -2.41. The minimum atomic E-state index is -0.802. The van der Waals surface area contributed by atoms with E-state index in [-0.39, 0.29) is 65.9 Å². The van der Waals surface area contributed by atoms with Gasteiger partial charge in [-0.25, -0.2) is 4.79 Å². The topological polar surface area (TPSA) is 159 Å². The Morgan fingerprint density at radius 3 is 2.00 bits per heavy atom. The third kappa shape index (κ3) is 15.0. The van der Waals surface area contributed by atoms with Crippen LogP contribution in [0.3, 0.4) is 0 Å². The van der Waals surface area contributed by atoms with Crippen molar-refractivity contribution in [3.63, 3.8) is 0 Å². The fourth-order valence-electron chi connectivity index (χ4n) is 8.37. The van der Waals surface area contributed by atoms with Crippen molar-refractivity contribution in [2.24, 2.45) is 23.7 Å². The summed E-state index contributed by atoms with van der Waals surface area (Å²) in [6.45, 7) is 20.7. The van der Waals surface area contributed by atoms with Gasteiger partial charge in [0, 0.05) is 58.4 Å². The molecule has 0 spiro atoms. The molecule has 5 amide bonds. The van der Waals surface area contributed by atoms with Crippen molar-refractivity contribution in [1.82, 2.24) is 30.7 Å². The maximum Gasteiger partial charge on any atom is 0.409 e. The highest BCUT2D eigenvalue weighted by Gasteiger charge is 2.43. The Bertz CT molecular complexity index is 1490. The molecule has 59 heavy (non-hydrogen) atoms. The van der Waals surface area contributed by atoms with Crippen molar-refractivity contribution >= 4 is 29.7 Å². The highest BCUT2D eigenvalue weighted by Crippen LogP contribution is 2.30. The van der Waals surface area contributed by atoms with Gasteiger partial charge in [0.1, 0.15) is 12.1 Å². The molecule has 1 heterocycles. The van der Waals surface area contributed by atoms with E-state index >= 15 is 0 Å². The Morgan fingerprint density at radius 1 is 0.864 bits per heavy atom. The second kappa shape index (κ2) is 23.9. The Balaban J connectivity index is 2.28. The first-order valence-electron chi connectivity index (χ1n) is 21.4. The summed E-state index contributed by atoms with van der Waals surface area (Å²) >= 11 is 0. The number of nitrogens with zero attached hydrogens (tertiary/aromatic N) is 3. The average Bonchev–Trinajstić information content (AvgIpc) is 3.66. The maximum atomic E-state index is 14.4. The van der Waals surface area contributed by atoms with Crippen LogP contribution in [0.5, 0.6) is 0 Å². The lowest BCUT2D eigenvalue weighted by Crippen LogP contribution is -2.58. The molecule has 0 bridgehead atoms. The summed E-state index contributed by atoms with van der Waals surface area (Å²) in [5.74, 6) is -1.54. The summed E-state index contributed by atoms with van der Waals surface area (Å²) in [7, 11) is 8.06. The van der Waals surface area contributed by atoms with E-state index in [0.717, 1.165) is 18.4 Å². The lowest BCUT2D eigenvalue weighted by atomic mass is 9.89. The second-order valence-electron chi connectivity index (χ2n) is 18.2. The van der Waals surface area contributed by atoms with E-state index in [2.05, 4.69) is 34.7 Å². The number of methoxy groups -OCH3 is 3. The number of hydrogen-bond donors (Lipinski definition) is 3. The fraction of sp³-hybridized carbons (Fsp3) is 0.756. The molecule has 0 aromatic heterocycles. The predicted molar refractivity (Wildman–Crippen MR) is 232 cm³/mol. The first-order chi connectivity index (χ1) is 27.6. The van der Waals surface area contributed by atoms with E-state index in [1.165, 1.54) is 12.0 Å². The molecule has 0 radical (unpaired) electrons. The molecule has 1 aromatic carbocycles. The summed E-state index contributed by atoms with van der Waals surface area (Å²) in [4.78, 5) is 73.2. The lowest BCUT2D eigenvalue weighted by molar-refractivity contribution is -0.143. The molecule has 14 heteroatoms. The van der Waals surface area contributed by atoms with Crippen LogP contribution >= 0.6 is 0 Å². The van der Waals surface area contributed by atoms with Crippen molar-refractivity contribution in [3.8, 4) is 0 Å². The number of amides is 5. The van der Waals surface area contributed by atoms with Gasteiger partial charge in [-0.3, -0.25) is 29.0 Å². The standard InChI is InChI=1S/C45H78N6O8/c1-16-30(6)39(49(11)27-34(28(2)3)47-43(55)38(29(4)5)50(12)44(56)59-15)36(57-13)26-37(52)51-24-20-23-35(51)40(58-14)31(7)41(53)46-33(42(54)48-45(8,9)10)25-32-21-18-17-19-22-32/h17-19,21-22,28-31,33-36,38-40H,16,20,23-27H2,1-15H3,(H,46,53)(H,47,55)(H,48,54)/t30-,31+,33-,34+,35-,36+,38-,39-,40+/m0/s1. The SMILES string of the molecule is CC[C@H](C)[C@@H]([C@@H](CC(=O)N1CCC[C@H]1[C@H](OC)[C@@H](C)C(=O)N[C@@H](Cc1ccccc1)C(=O)NC(C)(C)C)OC)N(C)C[C@@H](NC(=O)[C@H](C(C)C)N(C)C(=O)OC)C(C)C. The van der Waals surface area contributed by atoms with Crippen LogP contribution in [0.25, 0.3) is 0 Å². The van der Waals surface area contributed by atoms with Crippen LogP contribution in [-0.4, -0.2) is 141 Å². The third-order valence-corrected chi connectivity index (χ3v) is 11.8. The van der Waals surface area contributed by atoms with E-state index in [1.54, 1.807) is 28.2 Å². The van der Waals surface area contributed by atoms with Crippen LogP contribution in [0.1, 0.15) is 100 Å². The zero-order valence-electron chi connectivity index (χ0n) is 38.8. The minimum absolute atomic E-state index is 0.0647. The van der Waals surface area contributed by atoms with Crippen molar-refractivity contribution in [2.75, 3.05) is 48.5 Å². The number of nitrogens with one attached hydrogen (secondary N) is 3. The van der Waals surface area contributed by atoms with Gasteiger partial charge < -0.3 is 35.1 Å². The number of likely N-dealkylation sites (tertiary alicyclic amines) is 1. The average molecular weight is 831 g/mol. The fourth-order valence-corrected chi connectivity index (χ4v) is 8.37. The van der Waals surface area contributed by atoms with Crippen LogP contribution in [0.4, 0.5) is 4.79 Å². The summed E-state index contributed by atoms with van der Waals surface area (Å²) < 4.78 is 17.1. The predicted octanol–water partition coefficient (Wildman–Crippen LogP) is 4.89. The number of carbonyl (C=O) groups is 5. The van der Waals surface area contributed by atoms with Crippen molar-refractivity contribution < 1.29 is 38.2 Å². The molecule has 9 atom stereocenters. The van der Waals surface area contributed by atoms with E-state index in [1.807, 2.05) is 90.7 Å². The van der Waals surface area contributed by atoms with Crippen LogP contribution in [0.15, 0.2) is 30.3 Å². The molecule has 3 N–H and O–H groups in total. The zero-order valence-corrected chi connectivity index (χ0v) is 38.8. The molecule has 14 nitrogen and oxygen atoms in total. The zero-order chi connectivity index (χ0) is 44.8. The molecule has 1 fully saturated rings. The van der Waals surface area contributed by atoms with Gasteiger partial charge in [0.15, 0.2) is 0 Å². The first kappa shape index (κ1) is 51.4. The minimum Gasteiger partial charge on any atom is -0.453 e. The van der Waals surface area contributed by atoms with Crippen molar-refractivity contribution in [2.45, 2.75) is 149 Å². The molecular formula is C45H78N6O8. The smallest absolute Gasteiger partial charge is 0.409 e. The summed E-state index contributed by atoms with van der Waals surface area (Å²) in [5.41, 5.74) is 0.435. The summed E-state index contributed by atoms with van der Waals surface area (Å²) in [6, 6.07) is 7.29. The first-order valence-corrected chi connectivity index (χ1v) is 21.4. The van der Waals surface area contributed by atoms with Gasteiger partial charge in [-0.05, 0) is 64.0 Å². The summed E-state index contributed by atoms with van der Waals surface area (Å²) in [5, 5.41) is 9.23. The highest BCUT2D eigenvalue weighted by molar-refractivity contribution is 5.89. The molecule has 0 saturated carbocycles. The number of rotatable bonds is 22. The number of hydrogen-bond acceptors (Lipinski definition) is 9. The van der Waals surface area contributed by atoms with Gasteiger partial charge in [0.2, 0.25) is 23.6 Å². The molecule has 1 aromatic rings. The highest BCUT2D eigenvalue weighted by atomic mass is 16.5. The molecule has 1 aliphatic rings. The van der Waals surface area contributed by atoms with Crippen LogP contribution in [0, 0.1) is 23.7 Å². The van der Waals surface area contributed by atoms with Gasteiger partial charge in [-0.15, -0.1) is 0 Å². The van der Waals surface area contributed by atoms with Crippen LogP contribution < -0.4 is 16.0 Å². The third-order valence-electron chi connectivity index (χ3n) is 11.8. The molecule has 0 aliphatic carbocycles. The van der Waals surface area contributed by atoms with E-state index in [4.69, 9.17) is 14.2 Å². The van der Waals surface area contributed by atoms with Gasteiger partial charge in [-0.2, -0.15) is 0 Å². The van der Waals surface area contributed by atoms with Crippen LogP contribution in [0.2, 0.25) is 0 Å². The Kier molecular flexibility index (Phi) is 20.8. The molecule has 0 unspecified atom stereocenters. The van der Waals surface area contributed by atoms with E-state index in [0.29, 0.717) is 25.9 Å². The van der Waals surface area contributed by atoms with Gasteiger partial charge in [-0.1, -0.05) is 85.2 Å². The maximum absolute atomic E-state index is 14.4. The van der Waals surface area contributed by atoms with Gasteiger partial charge in [0.05, 0.1) is 37.7 Å². The van der Waals surface area contributed by atoms with Crippen molar-refractivity contribution in [3.05, 3.63) is 35.9 Å². The Morgan fingerprint density at radius 2 is 1.49 bits per heavy atom. The van der Waals surface area contributed by atoms with Gasteiger partial charge in [0.25, 0.3) is 0 Å². The van der Waals surface area contributed by atoms with Gasteiger partial charge >= 0.3 is 6.09 Å². The quantitative estimate of drug-likeness (QED) is 0.148. The molecule has 1 aliphatic heterocycles. The molecule has 1 saturated heterocycles.